The first-order valence-corrected chi connectivity index (χ1v) is 7.72. The van der Waals surface area contributed by atoms with Gasteiger partial charge in [-0.05, 0) is 38.2 Å². The lowest BCUT2D eigenvalue weighted by Gasteiger charge is -2.21. The molecule has 1 aliphatic rings. The molecular weight excluding hydrogens is 303 g/mol. The molecule has 116 valence electrons. The Hall–Kier alpha value is -1.72. The van der Waals surface area contributed by atoms with Crippen LogP contribution in [0.25, 0.3) is 11.3 Å². The molecule has 2 heterocycles. The third kappa shape index (κ3) is 3.36. The van der Waals surface area contributed by atoms with Gasteiger partial charge in [-0.15, -0.1) is 0 Å². The van der Waals surface area contributed by atoms with E-state index in [4.69, 9.17) is 11.6 Å². The maximum absolute atomic E-state index is 13.3. The highest BCUT2D eigenvalue weighted by Crippen LogP contribution is 2.24. The summed E-state index contributed by atoms with van der Waals surface area (Å²) in [6.45, 7) is 4.00. The van der Waals surface area contributed by atoms with E-state index in [0.717, 1.165) is 44.0 Å². The van der Waals surface area contributed by atoms with Crippen molar-refractivity contribution < 1.29 is 4.39 Å². The van der Waals surface area contributed by atoms with Gasteiger partial charge in [0.25, 0.3) is 0 Å². The number of nitrogens with zero attached hydrogens (tertiary/aromatic N) is 4. The number of likely N-dealkylation sites (N-methyl/N-ethyl adjacent to an activating group) is 1. The van der Waals surface area contributed by atoms with Gasteiger partial charge in [-0.25, -0.2) is 9.37 Å². The molecule has 3 rings (SSSR count). The van der Waals surface area contributed by atoms with E-state index < -0.39 is 5.82 Å². The van der Waals surface area contributed by atoms with Crippen LogP contribution in [-0.2, 0) is 0 Å². The van der Waals surface area contributed by atoms with E-state index in [-0.39, 0.29) is 5.02 Å². The molecule has 0 bridgehead atoms. The standard InChI is InChI=1S/C16H18ClFN4/c1-21-5-2-6-22(8-7-21)16-11-19-10-15(20-16)12-3-4-14(18)13(17)9-12/h3-4,9-11H,2,5-8H2,1H3. The van der Waals surface area contributed by atoms with Crippen LogP contribution in [0.3, 0.4) is 0 Å². The average molecular weight is 321 g/mol. The fourth-order valence-electron chi connectivity index (χ4n) is 2.58. The van der Waals surface area contributed by atoms with Crippen molar-refractivity contribution in [3.8, 4) is 11.3 Å². The van der Waals surface area contributed by atoms with Gasteiger partial charge < -0.3 is 9.80 Å². The monoisotopic (exact) mass is 320 g/mol. The number of hydrogen-bond acceptors (Lipinski definition) is 4. The SMILES string of the molecule is CN1CCCN(c2cncc(-c3ccc(F)c(Cl)c3)n2)CC1. The van der Waals surface area contributed by atoms with Gasteiger partial charge in [0.15, 0.2) is 0 Å². The maximum atomic E-state index is 13.3. The van der Waals surface area contributed by atoms with Crippen molar-refractivity contribution in [2.75, 3.05) is 38.1 Å². The van der Waals surface area contributed by atoms with Crippen LogP contribution in [0.1, 0.15) is 6.42 Å². The summed E-state index contributed by atoms with van der Waals surface area (Å²) in [5, 5.41) is 0.0982. The van der Waals surface area contributed by atoms with E-state index in [1.54, 1.807) is 24.5 Å². The normalized spacial score (nSPS) is 16.6. The zero-order valence-corrected chi connectivity index (χ0v) is 13.2. The minimum absolute atomic E-state index is 0.0982. The lowest BCUT2D eigenvalue weighted by molar-refractivity contribution is 0.360. The van der Waals surface area contributed by atoms with Crippen molar-refractivity contribution in [2.45, 2.75) is 6.42 Å². The molecule has 22 heavy (non-hydrogen) atoms. The Morgan fingerprint density at radius 1 is 1.14 bits per heavy atom. The fourth-order valence-corrected chi connectivity index (χ4v) is 2.76. The second-order valence-corrected chi connectivity index (χ2v) is 5.94. The van der Waals surface area contributed by atoms with Crippen molar-refractivity contribution >= 4 is 17.4 Å². The van der Waals surface area contributed by atoms with Crippen LogP contribution in [0, 0.1) is 5.82 Å². The molecule has 0 amide bonds. The van der Waals surface area contributed by atoms with Gasteiger partial charge in [-0.3, -0.25) is 4.98 Å². The first-order chi connectivity index (χ1) is 10.6. The van der Waals surface area contributed by atoms with Gasteiger partial charge in [0.05, 0.1) is 23.1 Å². The van der Waals surface area contributed by atoms with Crippen LogP contribution < -0.4 is 4.90 Å². The number of benzene rings is 1. The van der Waals surface area contributed by atoms with E-state index in [2.05, 4.69) is 26.8 Å². The predicted octanol–water partition coefficient (Wildman–Crippen LogP) is 3.08. The Bertz CT molecular complexity index is 664. The molecule has 6 heteroatoms. The minimum Gasteiger partial charge on any atom is -0.354 e. The van der Waals surface area contributed by atoms with Gasteiger partial charge in [-0.1, -0.05) is 11.6 Å². The molecule has 0 unspecified atom stereocenters. The topological polar surface area (TPSA) is 32.3 Å². The number of halogens is 2. The first kappa shape index (κ1) is 15.2. The number of anilines is 1. The second kappa shape index (κ2) is 6.58. The van der Waals surface area contributed by atoms with Crippen molar-refractivity contribution in [3.05, 3.63) is 41.4 Å². The summed E-state index contributed by atoms with van der Waals surface area (Å²) in [4.78, 5) is 13.5. The molecule has 2 aromatic rings. The van der Waals surface area contributed by atoms with Gasteiger partial charge in [-0.2, -0.15) is 0 Å². The van der Waals surface area contributed by atoms with Crippen LogP contribution in [0.15, 0.2) is 30.6 Å². The Kier molecular flexibility index (Phi) is 4.55. The summed E-state index contributed by atoms with van der Waals surface area (Å²) in [7, 11) is 2.13. The van der Waals surface area contributed by atoms with Crippen LogP contribution in [-0.4, -0.2) is 48.1 Å². The summed E-state index contributed by atoms with van der Waals surface area (Å²) in [6, 6.07) is 4.61. The Balaban J connectivity index is 1.87. The van der Waals surface area contributed by atoms with Crippen LogP contribution in [0.2, 0.25) is 5.02 Å². The van der Waals surface area contributed by atoms with Crippen molar-refractivity contribution in [3.63, 3.8) is 0 Å². The highest BCUT2D eigenvalue weighted by atomic mass is 35.5. The van der Waals surface area contributed by atoms with Gasteiger partial charge in [0, 0.05) is 25.2 Å². The van der Waals surface area contributed by atoms with Gasteiger partial charge in [0.2, 0.25) is 0 Å². The molecule has 0 N–H and O–H groups in total. The molecule has 0 radical (unpaired) electrons. The van der Waals surface area contributed by atoms with Crippen molar-refractivity contribution in [2.24, 2.45) is 0 Å². The second-order valence-electron chi connectivity index (χ2n) is 5.54. The number of rotatable bonds is 2. The van der Waals surface area contributed by atoms with E-state index >= 15 is 0 Å². The molecule has 1 aromatic carbocycles. The molecule has 0 atom stereocenters. The van der Waals surface area contributed by atoms with Crippen molar-refractivity contribution in [1.29, 1.82) is 0 Å². The van der Waals surface area contributed by atoms with Crippen LogP contribution in [0.4, 0.5) is 10.2 Å². The maximum Gasteiger partial charge on any atom is 0.147 e. The first-order valence-electron chi connectivity index (χ1n) is 7.34. The smallest absolute Gasteiger partial charge is 0.147 e. The Morgan fingerprint density at radius 3 is 2.82 bits per heavy atom. The lowest BCUT2D eigenvalue weighted by Crippen LogP contribution is -2.29. The lowest BCUT2D eigenvalue weighted by atomic mass is 10.1. The Labute approximate surface area is 134 Å². The summed E-state index contributed by atoms with van der Waals surface area (Å²) in [5.41, 5.74) is 1.48. The van der Waals surface area contributed by atoms with Crippen LogP contribution in [0.5, 0.6) is 0 Å². The summed E-state index contributed by atoms with van der Waals surface area (Å²) < 4.78 is 13.3. The summed E-state index contributed by atoms with van der Waals surface area (Å²) >= 11 is 5.85. The van der Waals surface area contributed by atoms with Crippen molar-refractivity contribution in [1.82, 2.24) is 14.9 Å². The van der Waals surface area contributed by atoms with E-state index in [0.29, 0.717) is 5.69 Å². The quantitative estimate of drug-likeness (QED) is 0.851. The molecular formula is C16H18ClFN4. The molecule has 1 fully saturated rings. The third-order valence-corrected chi connectivity index (χ3v) is 4.17. The number of aromatic nitrogens is 2. The molecule has 1 saturated heterocycles. The molecule has 4 nitrogen and oxygen atoms in total. The van der Waals surface area contributed by atoms with Gasteiger partial charge >= 0.3 is 0 Å². The van der Waals surface area contributed by atoms with E-state index in [1.165, 1.54) is 6.07 Å². The Morgan fingerprint density at radius 2 is 2.00 bits per heavy atom. The third-order valence-electron chi connectivity index (χ3n) is 3.88. The average Bonchev–Trinajstić information content (AvgIpc) is 2.75. The highest BCUT2D eigenvalue weighted by Gasteiger charge is 2.15. The van der Waals surface area contributed by atoms with E-state index in [1.807, 2.05) is 0 Å². The predicted molar refractivity (Wildman–Crippen MR) is 86.8 cm³/mol. The number of hydrogen-bond donors (Lipinski definition) is 0. The zero-order valence-electron chi connectivity index (χ0n) is 12.5. The van der Waals surface area contributed by atoms with E-state index in [9.17, 15) is 4.39 Å². The summed E-state index contributed by atoms with van der Waals surface area (Å²) in [5.74, 6) is 0.429. The largest absolute Gasteiger partial charge is 0.354 e. The highest BCUT2D eigenvalue weighted by molar-refractivity contribution is 6.31. The van der Waals surface area contributed by atoms with Gasteiger partial charge in [0.1, 0.15) is 11.6 Å². The van der Waals surface area contributed by atoms with Crippen LogP contribution >= 0.6 is 11.6 Å². The summed E-state index contributed by atoms with van der Waals surface area (Å²) in [6.07, 6.45) is 4.56. The minimum atomic E-state index is -0.426. The molecule has 1 aliphatic heterocycles. The zero-order chi connectivity index (χ0) is 15.5. The fraction of sp³-hybridized carbons (Fsp3) is 0.375. The molecule has 1 aromatic heterocycles. The molecule has 0 aliphatic carbocycles. The molecule has 0 spiro atoms. The molecule has 0 saturated carbocycles.